The van der Waals surface area contributed by atoms with Crippen LogP contribution in [-0.4, -0.2) is 54.4 Å². The maximum atomic E-state index is 13.3. The fourth-order valence-electron chi connectivity index (χ4n) is 3.36. The summed E-state index contributed by atoms with van der Waals surface area (Å²) in [6, 6.07) is 6.70. The Morgan fingerprint density at radius 3 is 2.70 bits per heavy atom. The molecule has 0 saturated carbocycles. The van der Waals surface area contributed by atoms with E-state index < -0.39 is 6.10 Å². The predicted octanol–water partition coefficient (Wildman–Crippen LogP) is 1.96. The largest absolute Gasteiger partial charge is 0.391 e. The van der Waals surface area contributed by atoms with Gasteiger partial charge in [-0.15, -0.1) is 0 Å². The summed E-state index contributed by atoms with van der Waals surface area (Å²) in [7, 11) is 0. The Morgan fingerprint density at radius 1 is 1.22 bits per heavy atom. The van der Waals surface area contributed by atoms with E-state index in [1.807, 2.05) is 6.07 Å². The number of nitrogens with zero attached hydrogens (tertiary/aromatic N) is 2. The molecule has 2 aliphatic heterocycles. The number of hydrogen-bond acceptors (Lipinski definition) is 3. The quantitative estimate of drug-likeness (QED) is 0.875. The van der Waals surface area contributed by atoms with Gasteiger partial charge in [0.15, 0.2) is 0 Å². The van der Waals surface area contributed by atoms with Crippen LogP contribution in [0, 0.1) is 5.82 Å². The van der Waals surface area contributed by atoms with Crippen LogP contribution in [0.3, 0.4) is 0 Å². The zero-order valence-corrected chi connectivity index (χ0v) is 13.2. The molecule has 0 radical (unpaired) electrons. The second kappa shape index (κ2) is 7.17. The molecule has 2 heterocycles. The first-order chi connectivity index (χ1) is 11.1. The van der Waals surface area contributed by atoms with Gasteiger partial charge in [0.05, 0.1) is 6.10 Å². The Labute approximate surface area is 136 Å². The van der Waals surface area contributed by atoms with Crippen molar-refractivity contribution >= 4 is 11.7 Å². The second-order valence-corrected chi connectivity index (χ2v) is 6.43. The lowest BCUT2D eigenvalue weighted by atomic mass is 10.0. The lowest BCUT2D eigenvalue weighted by Crippen LogP contribution is -2.52. The average molecular weight is 321 g/mol. The van der Waals surface area contributed by atoms with Crippen molar-refractivity contribution in [2.24, 2.45) is 0 Å². The van der Waals surface area contributed by atoms with Crippen LogP contribution >= 0.6 is 0 Å². The van der Waals surface area contributed by atoms with Crippen molar-refractivity contribution in [2.75, 3.05) is 31.1 Å². The van der Waals surface area contributed by atoms with E-state index in [0.29, 0.717) is 13.1 Å². The zero-order chi connectivity index (χ0) is 16.2. The Hall–Kier alpha value is -1.82. The summed E-state index contributed by atoms with van der Waals surface area (Å²) in [5.74, 6) is -0.221. The van der Waals surface area contributed by atoms with Crippen LogP contribution in [0.25, 0.3) is 0 Å². The molecule has 3 rings (SSSR count). The number of carbonyl (C=O) groups excluding carboxylic acids is 1. The van der Waals surface area contributed by atoms with Crippen molar-refractivity contribution in [3.63, 3.8) is 0 Å². The van der Waals surface area contributed by atoms with Crippen LogP contribution in [-0.2, 0) is 0 Å². The maximum Gasteiger partial charge on any atom is 0.317 e. The minimum Gasteiger partial charge on any atom is -0.391 e. The SMILES string of the molecule is O=C(NC1CCN(c2cccc(F)c2)CC1)N1CCCC(O)C1. The van der Waals surface area contributed by atoms with E-state index in [0.717, 1.165) is 44.5 Å². The third kappa shape index (κ3) is 4.13. The van der Waals surface area contributed by atoms with E-state index in [1.165, 1.54) is 6.07 Å². The number of β-amino-alcohol motifs (C(OH)–C–C–N with tert-alkyl or cyclic N) is 1. The van der Waals surface area contributed by atoms with Crippen LogP contribution < -0.4 is 10.2 Å². The highest BCUT2D eigenvalue weighted by Crippen LogP contribution is 2.21. The molecular weight excluding hydrogens is 297 g/mol. The molecule has 2 fully saturated rings. The minimum atomic E-state index is -0.399. The van der Waals surface area contributed by atoms with Crippen molar-refractivity contribution in [1.82, 2.24) is 10.2 Å². The van der Waals surface area contributed by atoms with Crippen molar-refractivity contribution in [2.45, 2.75) is 37.8 Å². The first-order valence-electron chi connectivity index (χ1n) is 8.36. The van der Waals surface area contributed by atoms with Gasteiger partial charge in [0.25, 0.3) is 0 Å². The third-order valence-electron chi connectivity index (χ3n) is 4.68. The molecule has 6 heteroatoms. The number of hydrogen-bond donors (Lipinski definition) is 2. The van der Waals surface area contributed by atoms with Gasteiger partial charge < -0.3 is 20.2 Å². The van der Waals surface area contributed by atoms with Crippen molar-refractivity contribution in [1.29, 1.82) is 0 Å². The number of carbonyl (C=O) groups is 1. The van der Waals surface area contributed by atoms with Gasteiger partial charge in [0, 0.05) is 37.9 Å². The van der Waals surface area contributed by atoms with Crippen molar-refractivity contribution in [3.05, 3.63) is 30.1 Å². The molecule has 5 nitrogen and oxygen atoms in total. The second-order valence-electron chi connectivity index (χ2n) is 6.43. The number of likely N-dealkylation sites (tertiary alicyclic amines) is 1. The number of amides is 2. The molecule has 2 aliphatic rings. The number of nitrogens with one attached hydrogen (secondary N) is 1. The summed E-state index contributed by atoms with van der Waals surface area (Å²) in [6.07, 6.45) is 2.92. The van der Waals surface area contributed by atoms with Crippen LogP contribution in [0.1, 0.15) is 25.7 Å². The number of aliphatic hydroxyl groups is 1. The summed E-state index contributed by atoms with van der Waals surface area (Å²) in [5.41, 5.74) is 0.897. The Morgan fingerprint density at radius 2 is 2.00 bits per heavy atom. The van der Waals surface area contributed by atoms with Crippen LogP contribution in [0.2, 0.25) is 0 Å². The van der Waals surface area contributed by atoms with Crippen LogP contribution in [0.5, 0.6) is 0 Å². The third-order valence-corrected chi connectivity index (χ3v) is 4.68. The molecule has 0 spiro atoms. The van der Waals surface area contributed by atoms with Gasteiger partial charge in [-0.25, -0.2) is 9.18 Å². The van der Waals surface area contributed by atoms with E-state index in [2.05, 4.69) is 10.2 Å². The smallest absolute Gasteiger partial charge is 0.317 e. The summed E-state index contributed by atoms with van der Waals surface area (Å²) >= 11 is 0. The Balaban J connectivity index is 1.48. The lowest BCUT2D eigenvalue weighted by Gasteiger charge is -2.36. The van der Waals surface area contributed by atoms with Gasteiger partial charge in [-0.3, -0.25) is 0 Å². The van der Waals surface area contributed by atoms with E-state index in [-0.39, 0.29) is 17.9 Å². The monoisotopic (exact) mass is 321 g/mol. The molecule has 1 aromatic rings. The van der Waals surface area contributed by atoms with Crippen molar-refractivity contribution < 1.29 is 14.3 Å². The summed E-state index contributed by atoms with van der Waals surface area (Å²) in [6.45, 7) is 2.74. The fraction of sp³-hybridized carbons (Fsp3) is 0.588. The molecule has 2 amide bonds. The minimum absolute atomic E-state index is 0.0760. The summed E-state index contributed by atoms with van der Waals surface area (Å²) in [5, 5.41) is 12.7. The normalized spacial score (nSPS) is 23.0. The van der Waals surface area contributed by atoms with Gasteiger partial charge in [-0.1, -0.05) is 6.07 Å². The number of urea groups is 1. The van der Waals surface area contributed by atoms with E-state index >= 15 is 0 Å². The summed E-state index contributed by atoms with van der Waals surface area (Å²) in [4.78, 5) is 16.1. The first kappa shape index (κ1) is 16.1. The molecule has 1 unspecified atom stereocenters. The highest BCUT2D eigenvalue weighted by atomic mass is 19.1. The molecule has 0 aromatic heterocycles. The predicted molar refractivity (Wildman–Crippen MR) is 87.0 cm³/mol. The maximum absolute atomic E-state index is 13.3. The Kier molecular flexibility index (Phi) is 5.00. The molecule has 1 aromatic carbocycles. The highest BCUT2D eigenvalue weighted by Gasteiger charge is 2.26. The molecule has 126 valence electrons. The van der Waals surface area contributed by atoms with Crippen molar-refractivity contribution in [3.8, 4) is 0 Å². The molecule has 2 N–H and O–H groups in total. The van der Waals surface area contributed by atoms with E-state index in [9.17, 15) is 14.3 Å². The number of anilines is 1. The number of piperidine rings is 2. The molecule has 0 bridgehead atoms. The van der Waals surface area contributed by atoms with Gasteiger partial charge in [-0.2, -0.15) is 0 Å². The van der Waals surface area contributed by atoms with E-state index in [1.54, 1.807) is 17.0 Å². The highest BCUT2D eigenvalue weighted by molar-refractivity contribution is 5.74. The van der Waals surface area contributed by atoms with E-state index in [4.69, 9.17) is 0 Å². The topological polar surface area (TPSA) is 55.8 Å². The van der Waals surface area contributed by atoms with Gasteiger partial charge in [0.2, 0.25) is 0 Å². The summed E-state index contributed by atoms with van der Waals surface area (Å²) < 4.78 is 13.3. The molecule has 23 heavy (non-hydrogen) atoms. The van der Waals surface area contributed by atoms with Gasteiger partial charge in [0.1, 0.15) is 5.82 Å². The number of benzene rings is 1. The molecule has 2 saturated heterocycles. The Bertz CT molecular complexity index is 546. The fourth-order valence-corrected chi connectivity index (χ4v) is 3.36. The van der Waals surface area contributed by atoms with Crippen LogP contribution in [0.15, 0.2) is 24.3 Å². The first-order valence-corrected chi connectivity index (χ1v) is 8.36. The number of halogens is 1. The molecule has 1 atom stereocenters. The number of rotatable bonds is 2. The van der Waals surface area contributed by atoms with Crippen LogP contribution in [0.4, 0.5) is 14.9 Å². The molecule has 0 aliphatic carbocycles. The zero-order valence-electron chi connectivity index (χ0n) is 13.2. The number of aliphatic hydroxyl groups excluding tert-OH is 1. The lowest BCUT2D eigenvalue weighted by molar-refractivity contribution is 0.0829. The molecular formula is C17H24FN3O2. The average Bonchev–Trinajstić information content (AvgIpc) is 2.55. The van der Waals surface area contributed by atoms with Gasteiger partial charge in [-0.05, 0) is 43.9 Å². The standard InChI is InChI=1S/C17H24FN3O2/c18-13-3-1-4-15(11-13)20-9-6-14(7-10-20)19-17(23)21-8-2-5-16(22)12-21/h1,3-4,11,14,16,22H,2,5-10,12H2,(H,19,23). The van der Waals surface area contributed by atoms with Gasteiger partial charge >= 0.3 is 6.03 Å².